The van der Waals surface area contributed by atoms with Crippen LogP contribution in [0.3, 0.4) is 0 Å². The van der Waals surface area contributed by atoms with Crippen LogP contribution in [0.1, 0.15) is 49.4 Å². The lowest BCUT2D eigenvalue weighted by atomic mass is 9.94. The summed E-state index contributed by atoms with van der Waals surface area (Å²) in [7, 11) is 2.17. The van der Waals surface area contributed by atoms with Crippen LogP contribution in [-0.4, -0.2) is 28.1 Å². The molecule has 1 aliphatic carbocycles. The molecule has 0 bridgehead atoms. The van der Waals surface area contributed by atoms with Crippen molar-refractivity contribution in [2.45, 2.75) is 57.5 Å². The van der Waals surface area contributed by atoms with Crippen molar-refractivity contribution in [1.29, 1.82) is 0 Å². The van der Waals surface area contributed by atoms with Gasteiger partial charge in [-0.25, -0.2) is 0 Å². The number of rotatable bonds is 6. The van der Waals surface area contributed by atoms with Crippen molar-refractivity contribution >= 4 is 0 Å². The van der Waals surface area contributed by atoms with Crippen LogP contribution in [-0.2, 0) is 19.4 Å². The highest BCUT2D eigenvalue weighted by Gasteiger charge is 2.19. The van der Waals surface area contributed by atoms with Crippen LogP contribution in [0.2, 0.25) is 0 Å². The topological polar surface area (TPSA) is 42.2 Å². The van der Waals surface area contributed by atoms with Gasteiger partial charge in [-0.15, -0.1) is 0 Å². The van der Waals surface area contributed by atoms with Crippen molar-refractivity contribution in [1.82, 2.24) is 15.0 Å². The standard InChI is InChI=1S/C18H25N3O/c1-21(16-10-6-3-7-11-16)14-18-19-17(20-22-18)13-12-15-8-4-2-5-9-15/h2,4-5,8-9,16H,3,6-7,10-14H2,1H3. The van der Waals surface area contributed by atoms with E-state index in [2.05, 4.69) is 46.4 Å². The first-order chi connectivity index (χ1) is 10.8. The molecule has 118 valence electrons. The van der Waals surface area contributed by atoms with Crippen LogP contribution in [0.4, 0.5) is 0 Å². The summed E-state index contributed by atoms with van der Waals surface area (Å²) >= 11 is 0. The van der Waals surface area contributed by atoms with Crippen LogP contribution in [0.5, 0.6) is 0 Å². The largest absolute Gasteiger partial charge is 0.338 e. The fraction of sp³-hybridized carbons (Fsp3) is 0.556. The van der Waals surface area contributed by atoms with E-state index in [1.54, 1.807) is 0 Å². The molecule has 1 saturated carbocycles. The number of aromatic nitrogens is 2. The Bertz CT molecular complexity index is 561. The minimum Gasteiger partial charge on any atom is -0.338 e. The number of hydrogen-bond acceptors (Lipinski definition) is 4. The molecule has 1 aromatic heterocycles. The van der Waals surface area contributed by atoms with Crippen molar-refractivity contribution in [3.8, 4) is 0 Å². The van der Waals surface area contributed by atoms with Crippen molar-refractivity contribution in [3.63, 3.8) is 0 Å². The molecule has 1 aliphatic rings. The summed E-state index contributed by atoms with van der Waals surface area (Å²) in [5.74, 6) is 1.56. The molecule has 0 N–H and O–H groups in total. The zero-order chi connectivity index (χ0) is 15.2. The fourth-order valence-electron chi connectivity index (χ4n) is 3.22. The molecule has 1 fully saturated rings. The Morgan fingerprint density at radius 2 is 1.86 bits per heavy atom. The SMILES string of the molecule is CN(Cc1nc(CCc2ccccc2)no1)C1CCCCC1. The summed E-state index contributed by atoms with van der Waals surface area (Å²) in [5, 5.41) is 4.12. The lowest BCUT2D eigenvalue weighted by Gasteiger charge is -2.29. The van der Waals surface area contributed by atoms with E-state index in [1.807, 2.05) is 6.07 Å². The third-order valence-corrected chi connectivity index (χ3v) is 4.57. The number of nitrogens with zero attached hydrogens (tertiary/aromatic N) is 3. The van der Waals surface area contributed by atoms with E-state index >= 15 is 0 Å². The first-order valence-corrected chi connectivity index (χ1v) is 8.37. The quantitative estimate of drug-likeness (QED) is 0.817. The monoisotopic (exact) mass is 299 g/mol. The maximum atomic E-state index is 5.41. The number of benzene rings is 1. The normalized spacial score (nSPS) is 16.3. The van der Waals surface area contributed by atoms with Crippen molar-refractivity contribution in [2.24, 2.45) is 0 Å². The molecule has 1 aromatic carbocycles. The van der Waals surface area contributed by atoms with Crippen LogP contribution < -0.4 is 0 Å². The van der Waals surface area contributed by atoms with Gasteiger partial charge in [-0.2, -0.15) is 4.98 Å². The highest BCUT2D eigenvalue weighted by atomic mass is 16.5. The van der Waals surface area contributed by atoms with E-state index in [0.717, 1.165) is 31.1 Å². The van der Waals surface area contributed by atoms with Gasteiger partial charge in [0.15, 0.2) is 5.82 Å². The summed E-state index contributed by atoms with van der Waals surface area (Å²) in [4.78, 5) is 6.91. The van der Waals surface area contributed by atoms with Gasteiger partial charge in [-0.3, -0.25) is 4.90 Å². The van der Waals surface area contributed by atoms with E-state index in [0.29, 0.717) is 6.04 Å². The summed E-state index contributed by atoms with van der Waals surface area (Å²) in [6.45, 7) is 0.767. The van der Waals surface area contributed by atoms with E-state index < -0.39 is 0 Å². The average Bonchev–Trinajstić information content (AvgIpc) is 3.02. The Morgan fingerprint density at radius 3 is 2.64 bits per heavy atom. The second kappa shape index (κ2) is 7.54. The Morgan fingerprint density at radius 1 is 1.09 bits per heavy atom. The zero-order valence-electron chi connectivity index (χ0n) is 13.4. The van der Waals surface area contributed by atoms with Crippen molar-refractivity contribution < 1.29 is 4.52 Å². The molecule has 0 radical (unpaired) electrons. The Balaban J connectivity index is 1.50. The van der Waals surface area contributed by atoms with Gasteiger partial charge >= 0.3 is 0 Å². The predicted octanol–water partition coefficient (Wildman–Crippen LogP) is 3.62. The van der Waals surface area contributed by atoms with Crippen LogP contribution in [0.25, 0.3) is 0 Å². The molecular weight excluding hydrogens is 274 g/mol. The van der Waals surface area contributed by atoms with Gasteiger partial charge in [0.25, 0.3) is 0 Å². The lowest BCUT2D eigenvalue weighted by Crippen LogP contribution is -2.32. The van der Waals surface area contributed by atoms with E-state index in [1.165, 1.54) is 37.7 Å². The lowest BCUT2D eigenvalue weighted by molar-refractivity contribution is 0.165. The summed E-state index contributed by atoms with van der Waals surface area (Å²) in [6, 6.07) is 11.1. The number of hydrogen-bond donors (Lipinski definition) is 0. The van der Waals surface area contributed by atoms with Crippen molar-refractivity contribution in [2.75, 3.05) is 7.05 Å². The zero-order valence-corrected chi connectivity index (χ0v) is 13.4. The molecule has 0 saturated heterocycles. The fourth-order valence-corrected chi connectivity index (χ4v) is 3.22. The highest BCUT2D eigenvalue weighted by molar-refractivity contribution is 5.15. The van der Waals surface area contributed by atoms with Gasteiger partial charge in [-0.1, -0.05) is 54.8 Å². The van der Waals surface area contributed by atoms with Crippen LogP contribution in [0.15, 0.2) is 34.9 Å². The van der Waals surface area contributed by atoms with Gasteiger partial charge in [0.1, 0.15) is 0 Å². The molecule has 0 aliphatic heterocycles. The smallest absolute Gasteiger partial charge is 0.240 e. The van der Waals surface area contributed by atoms with Gasteiger partial charge in [0.05, 0.1) is 6.54 Å². The van der Waals surface area contributed by atoms with E-state index in [-0.39, 0.29) is 0 Å². The third kappa shape index (κ3) is 4.17. The van der Waals surface area contributed by atoms with Gasteiger partial charge in [0.2, 0.25) is 5.89 Å². The third-order valence-electron chi connectivity index (χ3n) is 4.57. The molecule has 4 heteroatoms. The average molecular weight is 299 g/mol. The predicted molar refractivity (Wildman–Crippen MR) is 86.5 cm³/mol. The van der Waals surface area contributed by atoms with Gasteiger partial charge in [0, 0.05) is 12.5 Å². The summed E-state index contributed by atoms with van der Waals surface area (Å²) in [6.07, 6.45) is 8.47. The molecule has 0 amide bonds. The second-order valence-corrected chi connectivity index (χ2v) is 6.30. The maximum absolute atomic E-state index is 5.41. The molecule has 4 nitrogen and oxygen atoms in total. The summed E-state index contributed by atoms with van der Waals surface area (Å²) in [5.41, 5.74) is 1.31. The first-order valence-electron chi connectivity index (χ1n) is 8.37. The van der Waals surface area contributed by atoms with Crippen molar-refractivity contribution in [3.05, 3.63) is 47.6 Å². The second-order valence-electron chi connectivity index (χ2n) is 6.30. The molecule has 22 heavy (non-hydrogen) atoms. The first kappa shape index (κ1) is 15.2. The molecule has 3 rings (SSSR count). The highest BCUT2D eigenvalue weighted by Crippen LogP contribution is 2.22. The molecule has 2 aromatic rings. The minimum absolute atomic E-state index is 0.674. The minimum atomic E-state index is 0.674. The Hall–Kier alpha value is -1.68. The van der Waals surface area contributed by atoms with E-state index in [9.17, 15) is 0 Å². The van der Waals surface area contributed by atoms with Crippen LogP contribution >= 0.6 is 0 Å². The molecule has 0 unspecified atom stereocenters. The maximum Gasteiger partial charge on any atom is 0.240 e. The molecule has 0 spiro atoms. The molecule has 0 atom stereocenters. The van der Waals surface area contributed by atoms with Crippen LogP contribution in [0, 0.1) is 0 Å². The molecular formula is C18H25N3O. The molecule has 1 heterocycles. The van der Waals surface area contributed by atoms with E-state index in [4.69, 9.17) is 4.52 Å². The van der Waals surface area contributed by atoms with Gasteiger partial charge in [-0.05, 0) is 31.9 Å². The Labute approximate surface area is 132 Å². The number of aryl methyl sites for hydroxylation is 2. The van der Waals surface area contributed by atoms with Gasteiger partial charge < -0.3 is 4.52 Å². The Kier molecular flexibility index (Phi) is 5.22. The summed E-state index contributed by atoms with van der Waals surface area (Å²) < 4.78 is 5.41.